The molecule has 0 spiro atoms. The Morgan fingerprint density at radius 1 is 0.633 bits per heavy atom. The van der Waals surface area contributed by atoms with Crippen LogP contribution in [-0.2, 0) is 9.59 Å². The van der Waals surface area contributed by atoms with Crippen molar-refractivity contribution >= 4 is 23.6 Å². The number of amides is 4. The summed E-state index contributed by atoms with van der Waals surface area (Å²) in [6.07, 6.45) is 2.96. The van der Waals surface area contributed by atoms with Crippen molar-refractivity contribution in [1.29, 1.82) is 10.5 Å². The molecule has 0 heterocycles. The molecule has 10 heteroatoms. The van der Waals surface area contributed by atoms with Gasteiger partial charge < -0.3 is 10.6 Å². The molecule has 2 aromatic rings. The van der Waals surface area contributed by atoms with Gasteiger partial charge in [-0.05, 0) is 24.3 Å². The fourth-order valence-corrected chi connectivity index (χ4v) is 1.92. The van der Waals surface area contributed by atoms with Crippen molar-refractivity contribution in [3.63, 3.8) is 0 Å². The highest BCUT2D eigenvalue weighted by atomic mass is 16.2. The number of rotatable bonds is 6. The highest BCUT2D eigenvalue weighted by Crippen LogP contribution is 1.97. The van der Waals surface area contributed by atoms with E-state index in [1.807, 2.05) is 10.6 Å². The van der Waals surface area contributed by atoms with Gasteiger partial charge in [0, 0.05) is 11.1 Å². The van der Waals surface area contributed by atoms with Gasteiger partial charge in [-0.25, -0.2) is 0 Å². The van der Waals surface area contributed by atoms with E-state index < -0.39 is 11.8 Å². The van der Waals surface area contributed by atoms with Gasteiger partial charge in [0.2, 0.25) is 0 Å². The summed E-state index contributed by atoms with van der Waals surface area (Å²) in [6, 6.07) is 17.0. The molecule has 0 aliphatic carbocycles. The number of carbonyl (C=O) groups excluding carboxylic acids is 4. The largest absolute Gasteiger partial charge is 0.343 e. The van der Waals surface area contributed by atoms with Crippen molar-refractivity contribution in [2.24, 2.45) is 0 Å². The molecule has 0 atom stereocenters. The molecule has 0 saturated heterocycles. The Bertz CT molecular complexity index is 869. The lowest BCUT2D eigenvalue weighted by molar-refractivity contribution is -0.119. The minimum absolute atomic E-state index is 0.207. The summed E-state index contributed by atoms with van der Waals surface area (Å²) in [6.45, 7) is -0.414. The number of hydrogen-bond acceptors (Lipinski definition) is 6. The predicted molar refractivity (Wildman–Crippen MR) is 105 cm³/mol. The molecular formula is C20H18N6O4. The molecule has 30 heavy (non-hydrogen) atoms. The fourth-order valence-electron chi connectivity index (χ4n) is 1.92. The molecular weight excluding hydrogens is 388 g/mol. The number of nitrogens with zero attached hydrogens (tertiary/aromatic N) is 2. The molecule has 0 aliphatic heterocycles. The van der Waals surface area contributed by atoms with E-state index in [-0.39, 0.29) is 24.9 Å². The normalized spacial score (nSPS) is 8.73. The van der Waals surface area contributed by atoms with Crippen LogP contribution in [0.4, 0.5) is 0 Å². The summed E-state index contributed by atoms with van der Waals surface area (Å²) < 4.78 is 0. The van der Waals surface area contributed by atoms with Gasteiger partial charge in [-0.15, -0.1) is 0 Å². The molecule has 0 aliphatic rings. The van der Waals surface area contributed by atoms with E-state index in [1.165, 1.54) is 12.4 Å². The Kier molecular flexibility index (Phi) is 10.5. The summed E-state index contributed by atoms with van der Waals surface area (Å²) >= 11 is 0. The van der Waals surface area contributed by atoms with Crippen LogP contribution in [0, 0.1) is 22.9 Å². The Morgan fingerprint density at radius 3 is 1.27 bits per heavy atom. The zero-order valence-electron chi connectivity index (χ0n) is 15.7. The summed E-state index contributed by atoms with van der Waals surface area (Å²) in [5.74, 6) is -1.77. The van der Waals surface area contributed by atoms with Gasteiger partial charge in [0.1, 0.15) is 0 Å². The average Bonchev–Trinajstić information content (AvgIpc) is 2.78. The third kappa shape index (κ3) is 9.30. The third-order valence-corrected chi connectivity index (χ3v) is 3.28. The monoisotopic (exact) mass is 406 g/mol. The van der Waals surface area contributed by atoms with Crippen molar-refractivity contribution in [1.82, 2.24) is 21.3 Å². The SMILES string of the molecule is N#CNC(=O)CNC(=O)c1ccccc1.N#CNC(=O)CNC(=O)c1ccccc1. The maximum absolute atomic E-state index is 11.4. The van der Waals surface area contributed by atoms with Crippen LogP contribution in [0.25, 0.3) is 0 Å². The quantitative estimate of drug-likeness (QED) is 0.390. The maximum atomic E-state index is 11.4. The van der Waals surface area contributed by atoms with Gasteiger partial charge in [-0.1, -0.05) is 36.4 Å². The van der Waals surface area contributed by atoms with Crippen LogP contribution in [0.5, 0.6) is 0 Å². The molecule has 4 amide bonds. The first-order valence-corrected chi connectivity index (χ1v) is 8.50. The summed E-state index contributed by atoms with van der Waals surface area (Å²) in [5, 5.41) is 24.8. The van der Waals surface area contributed by atoms with Crippen LogP contribution in [0.15, 0.2) is 60.7 Å². The molecule has 0 fully saturated rings. The summed E-state index contributed by atoms with van der Waals surface area (Å²) in [7, 11) is 0. The molecule has 152 valence electrons. The second-order valence-corrected chi connectivity index (χ2v) is 5.42. The van der Waals surface area contributed by atoms with Gasteiger partial charge in [-0.3, -0.25) is 29.8 Å². The van der Waals surface area contributed by atoms with Crippen molar-refractivity contribution < 1.29 is 19.2 Å². The van der Waals surface area contributed by atoms with Crippen molar-refractivity contribution in [2.75, 3.05) is 13.1 Å². The molecule has 0 bridgehead atoms. The van der Waals surface area contributed by atoms with Gasteiger partial charge in [-0.2, -0.15) is 10.5 Å². The Labute approximate surface area is 172 Å². The van der Waals surface area contributed by atoms with E-state index in [0.717, 1.165) is 0 Å². The van der Waals surface area contributed by atoms with E-state index in [2.05, 4.69) is 10.6 Å². The third-order valence-electron chi connectivity index (χ3n) is 3.28. The maximum Gasteiger partial charge on any atom is 0.252 e. The van der Waals surface area contributed by atoms with E-state index in [4.69, 9.17) is 10.5 Å². The smallest absolute Gasteiger partial charge is 0.252 e. The average molecular weight is 406 g/mol. The first-order chi connectivity index (χ1) is 14.5. The molecule has 2 rings (SSSR count). The molecule has 2 aromatic carbocycles. The molecule has 0 saturated carbocycles. The van der Waals surface area contributed by atoms with Crippen LogP contribution in [0.1, 0.15) is 20.7 Å². The molecule has 10 nitrogen and oxygen atoms in total. The van der Waals surface area contributed by atoms with Gasteiger partial charge in [0.05, 0.1) is 13.1 Å². The lowest BCUT2D eigenvalue weighted by Crippen LogP contribution is -2.34. The molecule has 0 aromatic heterocycles. The summed E-state index contributed by atoms with van der Waals surface area (Å²) in [4.78, 5) is 44.4. The predicted octanol–water partition coefficient (Wildman–Crippen LogP) is 0.0274. The van der Waals surface area contributed by atoms with Crippen molar-refractivity contribution in [3.8, 4) is 12.4 Å². The Morgan fingerprint density at radius 2 is 0.967 bits per heavy atom. The van der Waals surface area contributed by atoms with E-state index in [0.29, 0.717) is 11.1 Å². The first-order valence-electron chi connectivity index (χ1n) is 8.50. The molecule has 0 radical (unpaired) electrons. The van der Waals surface area contributed by atoms with Crippen molar-refractivity contribution in [2.45, 2.75) is 0 Å². The minimum Gasteiger partial charge on any atom is -0.343 e. The van der Waals surface area contributed by atoms with Crippen LogP contribution in [0.2, 0.25) is 0 Å². The number of carbonyl (C=O) groups is 4. The lowest BCUT2D eigenvalue weighted by Gasteiger charge is -2.02. The fraction of sp³-hybridized carbons (Fsp3) is 0.100. The Hall–Kier alpha value is -4.70. The van der Waals surface area contributed by atoms with Crippen LogP contribution < -0.4 is 21.3 Å². The molecule has 0 unspecified atom stereocenters. The zero-order chi connectivity index (χ0) is 22.2. The standard InChI is InChI=1S/2C10H9N3O2/c2*11-7-13-9(14)6-12-10(15)8-4-2-1-3-5-8/h2*1-5H,6H2,(H,12,15)(H,13,14). The van der Waals surface area contributed by atoms with Crippen LogP contribution >= 0.6 is 0 Å². The van der Waals surface area contributed by atoms with Crippen molar-refractivity contribution in [3.05, 3.63) is 71.8 Å². The molecule has 4 N–H and O–H groups in total. The minimum atomic E-state index is -0.540. The highest BCUT2D eigenvalue weighted by Gasteiger charge is 2.07. The van der Waals surface area contributed by atoms with E-state index in [9.17, 15) is 19.2 Å². The van der Waals surface area contributed by atoms with E-state index >= 15 is 0 Å². The van der Waals surface area contributed by atoms with Gasteiger partial charge in [0.15, 0.2) is 12.4 Å². The number of benzene rings is 2. The zero-order valence-corrected chi connectivity index (χ0v) is 15.7. The topological polar surface area (TPSA) is 164 Å². The lowest BCUT2D eigenvalue weighted by atomic mass is 10.2. The highest BCUT2D eigenvalue weighted by molar-refractivity contribution is 5.97. The first kappa shape index (κ1) is 23.3. The van der Waals surface area contributed by atoms with Gasteiger partial charge >= 0.3 is 0 Å². The van der Waals surface area contributed by atoms with E-state index in [1.54, 1.807) is 60.7 Å². The Balaban J connectivity index is 0.000000300. The van der Waals surface area contributed by atoms with Crippen LogP contribution in [0.3, 0.4) is 0 Å². The summed E-state index contributed by atoms with van der Waals surface area (Å²) in [5.41, 5.74) is 0.949. The van der Waals surface area contributed by atoms with Gasteiger partial charge in [0.25, 0.3) is 23.6 Å². The second kappa shape index (κ2) is 13.5. The second-order valence-electron chi connectivity index (χ2n) is 5.42. The van der Waals surface area contributed by atoms with Crippen LogP contribution in [-0.4, -0.2) is 36.7 Å². The number of nitriles is 2. The number of nitrogens with one attached hydrogen (secondary N) is 4. The number of hydrogen-bond donors (Lipinski definition) is 4.